The highest BCUT2D eigenvalue weighted by Crippen LogP contribution is 2.24. The number of fused-ring (bicyclic) bond motifs is 1. The number of hydrogen-bond donors (Lipinski definition) is 2. The first-order valence-corrected chi connectivity index (χ1v) is 8.91. The molecule has 0 aliphatic carbocycles. The highest BCUT2D eigenvalue weighted by molar-refractivity contribution is 5.95. The molecule has 0 saturated carbocycles. The topological polar surface area (TPSA) is 48.1 Å². The molecule has 1 fully saturated rings. The number of aromatic amines is 1. The Morgan fingerprint density at radius 2 is 2.00 bits per heavy atom. The van der Waals surface area contributed by atoms with E-state index in [1.54, 1.807) is 0 Å². The molecule has 1 atom stereocenters. The third-order valence-corrected chi connectivity index (χ3v) is 5.06. The number of H-pyrrole nitrogens is 1. The van der Waals surface area contributed by atoms with Crippen LogP contribution in [0.15, 0.2) is 54.7 Å². The second-order valence-corrected chi connectivity index (χ2v) is 6.70. The lowest BCUT2D eigenvalue weighted by Gasteiger charge is -2.18. The van der Waals surface area contributed by atoms with E-state index in [-0.39, 0.29) is 11.9 Å². The van der Waals surface area contributed by atoms with Crippen molar-refractivity contribution in [2.75, 3.05) is 11.4 Å². The molecular formula is C21H23N3O. The van der Waals surface area contributed by atoms with Crippen LogP contribution in [0.25, 0.3) is 10.9 Å². The van der Waals surface area contributed by atoms with Crippen LogP contribution in [0.4, 0.5) is 5.69 Å². The molecule has 0 spiro atoms. The van der Waals surface area contributed by atoms with E-state index in [9.17, 15) is 4.79 Å². The van der Waals surface area contributed by atoms with Crippen LogP contribution >= 0.6 is 0 Å². The Kier molecular flexibility index (Phi) is 4.28. The summed E-state index contributed by atoms with van der Waals surface area (Å²) in [5.41, 5.74) is 4.71. The predicted molar refractivity (Wildman–Crippen MR) is 102 cm³/mol. The molecule has 2 heterocycles. The minimum atomic E-state index is 0.235. The summed E-state index contributed by atoms with van der Waals surface area (Å²) < 4.78 is 0. The molecule has 25 heavy (non-hydrogen) atoms. The van der Waals surface area contributed by atoms with Crippen molar-refractivity contribution in [2.45, 2.75) is 32.4 Å². The Balaban J connectivity index is 1.43. The van der Waals surface area contributed by atoms with Crippen molar-refractivity contribution >= 4 is 22.5 Å². The van der Waals surface area contributed by atoms with Gasteiger partial charge in [0.25, 0.3) is 0 Å². The summed E-state index contributed by atoms with van der Waals surface area (Å²) in [5, 5.41) is 4.87. The number of amides is 1. The Morgan fingerprint density at radius 1 is 1.16 bits per heavy atom. The van der Waals surface area contributed by atoms with Gasteiger partial charge in [-0.2, -0.15) is 0 Å². The SMILES string of the molecule is CC(NCc1cccc2[nH]ccc12)c1ccc(N2CCCC2=O)cc1. The molecule has 0 bridgehead atoms. The van der Waals surface area contributed by atoms with Gasteiger partial charge in [0.15, 0.2) is 0 Å². The van der Waals surface area contributed by atoms with E-state index in [0.717, 1.165) is 25.2 Å². The molecule has 4 heteroatoms. The quantitative estimate of drug-likeness (QED) is 0.737. The van der Waals surface area contributed by atoms with Crippen molar-refractivity contribution in [3.63, 3.8) is 0 Å². The summed E-state index contributed by atoms with van der Waals surface area (Å²) in [5.74, 6) is 0.235. The van der Waals surface area contributed by atoms with Gasteiger partial charge in [-0.3, -0.25) is 4.79 Å². The highest BCUT2D eigenvalue weighted by atomic mass is 16.2. The average Bonchev–Trinajstić information content (AvgIpc) is 3.28. The first-order valence-electron chi connectivity index (χ1n) is 8.91. The maximum absolute atomic E-state index is 11.8. The van der Waals surface area contributed by atoms with Gasteiger partial charge < -0.3 is 15.2 Å². The first kappa shape index (κ1) is 15.9. The molecule has 1 unspecified atom stereocenters. The molecular weight excluding hydrogens is 310 g/mol. The molecule has 1 saturated heterocycles. The lowest BCUT2D eigenvalue weighted by Crippen LogP contribution is -2.23. The number of carbonyl (C=O) groups is 1. The zero-order chi connectivity index (χ0) is 17.2. The zero-order valence-corrected chi connectivity index (χ0v) is 14.5. The van der Waals surface area contributed by atoms with Gasteiger partial charge in [0, 0.05) is 48.3 Å². The number of carbonyl (C=O) groups excluding carboxylic acids is 1. The van der Waals surface area contributed by atoms with Crippen molar-refractivity contribution in [2.24, 2.45) is 0 Å². The molecule has 4 nitrogen and oxygen atoms in total. The standard InChI is InChI=1S/C21H23N3O/c1-15(23-14-17-4-2-5-20-19(17)11-12-22-20)16-7-9-18(10-8-16)24-13-3-6-21(24)25/h2,4-5,7-12,15,22-23H,3,6,13-14H2,1H3. The minimum absolute atomic E-state index is 0.235. The summed E-state index contributed by atoms with van der Waals surface area (Å²) in [4.78, 5) is 17.0. The van der Waals surface area contributed by atoms with Crippen LogP contribution in [0.3, 0.4) is 0 Å². The number of hydrogen-bond acceptors (Lipinski definition) is 2. The Bertz CT molecular complexity index is 882. The smallest absolute Gasteiger partial charge is 0.227 e. The third kappa shape index (κ3) is 3.17. The van der Waals surface area contributed by atoms with Gasteiger partial charge in [-0.1, -0.05) is 24.3 Å². The largest absolute Gasteiger partial charge is 0.361 e. The minimum Gasteiger partial charge on any atom is -0.361 e. The van der Waals surface area contributed by atoms with Gasteiger partial charge in [0.2, 0.25) is 5.91 Å². The van der Waals surface area contributed by atoms with Gasteiger partial charge >= 0.3 is 0 Å². The van der Waals surface area contributed by atoms with Gasteiger partial charge in [-0.25, -0.2) is 0 Å². The maximum Gasteiger partial charge on any atom is 0.227 e. The molecule has 2 aromatic carbocycles. The average molecular weight is 333 g/mol. The van der Waals surface area contributed by atoms with Crippen LogP contribution in [0.1, 0.15) is 36.9 Å². The molecule has 1 amide bonds. The van der Waals surface area contributed by atoms with Gasteiger partial charge in [-0.05, 0) is 48.7 Å². The van der Waals surface area contributed by atoms with Crippen molar-refractivity contribution in [3.8, 4) is 0 Å². The maximum atomic E-state index is 11.8. The molecule has 2 N–H and O–H groups in total. The number of nitrogens with one attached hydrogen (secondary N) is 2. The lowest BCUT2D eigenvalue weighted by atomic mass is 10.1. The number of aromatic nitrogens is 1. The molecule has 0 radical (unpaired) electrons. The van der Waals surface area contributed by atoms with Crippen LogP contribution in [0.5, 0.6) is 0 Å². The van der Waals surface area contributed by atoms with Crippen molar-refractivity contribution in [1.82, 2.24) is 10.3 Å². The molecule has 1 aliphatic rings. The Morgan fingerprint density at radius 3 is 2.76 bits per heavy atom. The van der Waals surface area contributed by atoms with E-state index in [0.29, 0.717) is 6.42 Å². The summed E-state index contributed by atoms with van der Waals surface area (Å²) >= 11 is 0. The normalized spacial score (nSPS) is 15.9. The number of nitrogens with zero attached hydrogens (tertiary/aromatic N) is 1. The number of benzene rings is 2. The second-order valence-electron chi connectivity index (χ2n) is 6.70. The third-order valence-electron chi connectivity index (χ3n) is 5.06. The van der Waals surface area contributed by atoms with E-state index in [1.807, 2.05) is 11.1 Å². The van der Waals surface area contributed by atoms with Gasteiger partial charge in [0.1, 0.15) is 0 Å². The molecule has 4 rings (SSSR count). The van der Waals surface area contributed by atoms with Gasteiger partial charge in [-0.15, -0.1) is 0 Å². The Hall–Kier alpha value is -2.59. The van der Waals surface area contributed by atoms with E-state index < -0.39 is 0 Å². The van der Waals surface area contributed by atoms with Gasteiger partial charge in [0.05, 0.1) is 0 Å². The monoisotopic (exact) mass is 333 g/mol. The highest BCUT2D eigenvalue weighted by Gasteiger charge is 2.21. The molecule has 1 aromatic heterocycles. The lowest BCUT2D eigenvalue weighted by molar-refractivity contribution is -0.117. The molecule has 128 valence electrons. The van der Waals surface area contributed by atoms with Crippen LogP contribution in [-0.2, 0) is 11.3 Å². The Labute approximate surface area is 147 Å². The summed E-state index contributed by atoms with van der Waals surface area (Å²) in [7, 11) is 0. The predicted octanol–water partition coefficient (Wildman–Crippen LogP) is 4.15. The second kappa shape index (κ2) is 6.73. The van der Waals surface area contributed by atoms with E-state index in [4.69, 9.17) is 0 Å². The number of rotatable bonds is 5. The van der Waals surface area contributed by atoms with E-state index >= 15 is 0 Å². The fraction of sp³-hybridized carbons (Fsp3) is 0.286. The van der Waals surface area contributed by atoms with Crippen LogP contribution in [-0.4, -0.2) is 17.4 Å². The first-order chi connectivity index (χ1) is 12.2. The van der Waals surface area contributed by atoms with E-state index in [2.05, 4.69) is 65.8 Å². The fourth-order valence-electron chi connectivity index (χ4n) is 3.55. The van der Waals surface area contributed by atoms with Crippen LogP contribution in [0.2, 0.25) is 0 Å². The summed E-state index contributed by atoms with van der Waals surface area (Å²) in [6, 6.07) is 17.1. The van der Waals surface area contributed by atoms with Crippen molar-refractivity contribution < 1.29 is 4.79 Å². The van der Waals surface area contributed by atoms with Crippen molar-refractivity contribution in [3.05, 3.63) is 65.9 Å². The summed E-state index contributed by atoms with van der Waals surface area (Å²) in [6.07, 6.45) is 3.61. The summed E-state index contributed by atoms with van der Waals surface area (Å²) in [6.45, 7) is 3.84. The van der Waals surface area contributed by atoms with Crippen LogP contribution < -0.4 is 10.2 Å². The zero-order valence-electron chi connectivity index (χ0n) is 14.5. The number of anilines is 1. The van der Waals surface area contributed by atoms with Crippen molar-refractivity contribution in [1.29, 1.82) is 0 Å². The van der Waals surface area contributed by atoms with E-state index in [1.165, 1.54) is 22.0 Å². The molecule has 3 aromatic rings. The molecule has 1 aliphatic heterocycles. The van der Waals surface area contributed by atoms with Crippen LogP contribution in [0, 0.1) is 0 Å². The fourth-order valence-corrected chi connectivity index (χ4v) is 3.55.